The average Bonchev–Trinajstić information content (AvgIpc) is 3.08. The first-order valence-electron chi connectivity index (χ1n) is 6.10. The topological polar surface area (TPSA) is 55.9 Å². The Morgan fingerprint density at radius 2 is 1.68 bits per heavy atom. The van der Waals surface area contributed by atoms with E-state index in [0.29, 0.717) is 6.54 Å². The molecule has 0 radical (unpaired) electrons. The van der Waals surface area contributed by atoms with Crippen molar-refractivity contribution < 1.29 is 5.11 Å². The number of hydrogen-bond acceptors (Lipinski definition) is 3. The molecule has 2 heterocycles. The van der Waals surface area contributed by atoms with Crippen molar-refractivity contribution in [2.75, 3.05) is 6.61 Å². The molecule has 0 spiro atoms. The lowest BCUT2D eigenvalue weighted by Gasteiger charge is -1.98. The quantitative estimate of drug-likeness (QED) is 0.771. The number of aromatic nitrogens is 4. The van der Waals surface area contributed by atoms with E-state index in [0.717, 1.165) is 16.8 Å². The Hall–Kier alpha value is -2.40. The fraction of sp³-hybridized carbons (Fsp3) is 0.143. The molecule has 2 aromatic heterocycles. The van der Waals surface area contributed by atoms with Crippen LogP contribution in [-0.2, 0) is 6.54 Å². The summed E-state index contributed by atoms with van der Waals surface area (Å²) in [5, 5.41) is 17.4. The molecule has 5 nitrogen and oxygen atoms in total. The van der Waals surface area contributed by atoms with Gasteiger partial charge in [-0.3, -0.25) is 4.68 Å². The average molecular weight is 254 g/mol. The number of hydrogen-bond donors (Lipinski definition) is 1. The van der Waals surface area contributed by atoms with E-state index in [1.807, 2.05) is 53.6 Å². The maximum Gasteiger partial charge on any atom is 0.0645 e. The van der Waals surface area contributed by atoms with Crippen molar-refractivity contribution in [1.82, 2.24) is 19.6 Å². The Bertz CT molecular complexity index is 657. The highest BCUT2D eigenvalue weighted by Gasteiger charge is 2.05. The molecule has 96 valence electrons. The van der Waals surface area contributed by atoms with Crippen LogP contribution in [-0.4, -0.2) is 31.3 Å². The number of benzene rings is 1. The number of para-hydroxylation sites is 1. The normalized spacial score (nSPS) is 10.8. The lowest BCUT2D eigenvalue weighted by molar-refractivity contribution is 0.269. The van der Waals surface area contributed by atoms with Crippen LogP contribution in [0, 0.1) is 0 Å². The van der Waals surface area contributed by atoms with Gasteiger partial charge in [0.05, 0.1) is 31.2 Å². The Morgan fingerprint density at radius 1 is 0.947 bits per heavy atom. The van der Waals surface area contributed by atoms with Gasteiger partial charge in [0, 0.05) is 23.5 Å². The minimum Gasteiger partial charge on any atom is -0.394 e. The van der Waals surface area contributed by atoms with Gasteiger partial charge in [-0.1, -0.05) is 18.2 Å². The van der Waals surface area contributed by atoms with Gasteiger partial charge in [0.1, 0.15) is 0 Å². The van der Waals surface area contributed by atoms with Crippen LogP contribution in [0.15, 0.2) is 55.1 Å². The third-order valence-corrected chi connectivity index (χ3v) is 2.90. The summed E-state index contributed by atoms with van der Waals surface area (Å²) in [4.78, 5) is 0. The predicted octanol–water partition coefficient (Wildman–Crippen LogP) is 1.73. The molecule has 0 aliphatic carbocycles. The maximum absolute atomic E-state index is 8.88. The summed E-state index contributed by atoms with van der Waals surface area (Å²) in [5.74, 6) is 0. The first-order chi connectivity index (χ1) is 9.36. The minimum atomic E-state index is 0.0877. The van der Waals surface area contributed by atoms with Gasteiger partial charge >= 0.3 is 0 Å². The number of aliphatic hydroxyl groups is 1. The summed E-state index contributed by atoms with van der Waals surface area (Å²) >= 11 is 0. The molecule has 0 atom stereocenters. The first-order valence-corrected chi connectivity index (χ1v) is 6.10. The molecule has 0 saturated carbocycles. The Kier molecular flexibility index (Phi) is 3.12. The van der Waals surface area contributed by atoms with Crippen LogP contribution in [0.25, 0.3) is 16.8 Å². The van der Waals surface area contributed by atoms with Crippen molar-refractivity contribution in [2.45, 2.75) is 6.54 Å². The van der Waals surface area contributed by atoms with E-state index in [1.54, 1.807) is 10.9 Å². The van der Waals surface area contributed by atoms with Crippen LogP contribution in [0.4, 0.5) is 0 Å². The smallest absolute Gasteiger partial charge is 0.0645 e. The van der Waals surface area contributed by atoms with Gasteiger partial charge < -0.3 is 5.11 Å². The molecule has 3 rings (SSSR count). The number of nitrogens with zero attached hydrogens (tertiary/aromatic N) is 4. The molecule has 0 amide bonds. The van der Waals surface area contributed by atoms with E-state index in [1.165, 1.54) is 0 Å². The van der Waals surface area contributed by atoms with Crippen molar-refractivity contribution in [3.8, 4) is 16.8 Å². The van der Waals surface area contributed by atoms with Crippen molar-refractivity contribution in [3.63, 3.8) is 0 Å². The predicted molar refractivity (Wildman–Crippen MR) is 71.9 cm³/mol. The van der Waals surface area contributed by atoms with E-state index < -0.39 is 0 Å². The first kappa shape index (κ1) is 11.7. The molecule has 3 aromatic rings. The Balaban J connectivity index is 1.88. The zero-order valence-corrected chi connectivity index (χ0v) is 10.3. The number of rotatable bonds is 4. The van der Waals surface area contributed by atoms with Crippen LogP contribution >= 0.6 is 0 Å². The van der Waals surface area contributed by atoms with Gasteiger partial charge in [0.15, 0.2) is 0 Å². The van der Waals surface area contributed by atoms with Crippen molar-refractivity contribution >= 4 is 0 Å². The molecule has 0 unspecified atom stereocenters. The fourth-order valence-corrected chi connectivity index (χ4v) is 1.93. The summed E-state index contributed by atoms with van der Waals surface area (Å²) in [6, 6.07) is 9.96. The molecule has 1 aromatic carbocycles. The second-order valence-electron chi connectivity index (χ2n) is 4.22. The summed E-state index contributed by atoms with van der Waals surface area (Å²) in [6.07, 6.45) is 7.47. The molecule has 0 fully saturated rings. The van der Waals surface area contributed by atoms with E-state index in [4.69, 9.17) is 5.11 Å². The van der Waals surface area contributed by atoms with Crippen molar-refractivity contribution in [2.24, 2.45) is 0 Å². The molecule has 0 aliphatic rings. The summed E-state index contributed by atoms with van der Waals surface area (Å²) in [6.45, 7) is 0.594. The van der Waals surface area contributed by atoms with Crippen LogP contribution in [0.1, 0.15) is 0 Å². The van der Waals surface area contributed by atoms with Crippen LogP contribution in [0.2, 0.25) is 0 Å². The second-order valence-corrected chi connectivity index (χ2v) is 4.22. The monoisotopic (exact) mass is 254 g/mol. The van der Waals surface area contributed by atoms with E-state index in [-0.39, 0.29) is 6.61 Å². The third kappa shape index (κ3) is 2.41. The fourth-order valence-electron chi connectivity index (χ4n) is 1.93. The lowest BCUT2D eigenvalue weighted by Crippen LogP contribution is -2.01. The highest BCUT2D eigenvalue weighted by Crippen LogP contribution is 2.19. The Morgan fingerprint density at radius 3 is 2.47 bits per heavy atom. The molecular weight excluding hydrogens is 240 g/mol. The molecular formula is C14H14N4O. The summed E-state index contributed by atoms with van der Waals surface area (Å²) in [5.41, 5.74) is 3.03. The van der Waals surface area contributed by atoms with Crippen molar-refractivity contribution in [1.29, 1.82) is 0 Å². The van der Waals surface area contributed by atoms with Gasteiger partial charge in [-0.05, 0) is 12.1 Å². The summed E-state index contributed by atoms with van der Waals surface area (Å²) < 4.78 is 3.55. The van der Waals surface area contributed by atoms with Crippen LogP contribution in [0.3, 0.4) is 0 Å². The molecule has 0 aliphatic heterocycles. The van der Waals surface area contributed by atoms with Crippen LogP contribution in [0.5, 0.6) is 0 Å². The second kappa shape index (κ2) is 5.07. The van der Waals surface area contributed by atoms with Crippen LogP contribution < -0.4 is 0 Å². The SMILES string of the molecule is OCCn1cc(-c2cnn(-c3ccccc3)c2)cn1. The summed E-state index contributed by atoms with van der Waals surface area (Å²) in [7, 11) is 0. The van der Waals surface area contributed by atoms with E-state index in [9.17, 15) is 0 Å². The standard InChI is InChI=1S/C14H14N4O/c19-7-6-17-10-12(8-15-17)13-9-16-18(11-13)14-4-2-1-3-5-14/h1-5,8-11,19H,6-7H2. The van der Waals surface area contributed by atoms with Crippen molar-refractivity contribution in [3.05, 3.63) is 55.1 Å². The van der Waals surface area contributed by atoms with E-state index >= 15 is 0 Å². The minimum absolute atomic E-state index is 0.0877. The third-order valence-electron chi connectivity index (χ3n) is 2.90. The van der Waals surface area contributed by atoms with Gasteiger partial charge in [-0.15, -0.1) is 0 Å². The highest BCUT2D eigenvalue weighted by molar-refractivity contribution is 5.60. The molecule has 19 heavy (non-hydrogen) atoms. The maximum atomic E-state index is 8.88. The van der Waals surface area contributed by atoms with Gasteiger partial charge in [-0.2, -0.15) is 10.2 Å². The zero-order valence-electron chi connectivity index (χ0n) is 10.3. The molecule has 5 heteroatoms. The van der Waals surface area contributed by atoms with Gasteiger partial charge in [0.25, 0.3) is 0 Å². The zero-order chi connectivity index (χ0) is 13.1. The highest BCUT2D eigenvalue weighted by atomic mass is 16.3. The largest absolute Gasteiger partial charge is 0.394 e. The molecule has 0 bridgehead atoms. The van der Waals surface area contributed by atoms with Gasteiger partial charge in [-0.25, -0.2) is 4.68 Å². The molecule has 0 saturated heterocycles. The van der Waals surface area contributed by atoms with E-state index in [2.05, 4.69) is 10.2 Å². The van der Waals surface area contributed by atoms with Gasteiger partial charge in [0.2, 0.25) is 0 Å². The molecule has 1 N–H and O–H groups in total. The number of aliphatic hydroxyl groups excluding tert-OH is 1. The Labute approximate surface area is 110 Å². The lowest BCUT2D eigenvalue weighted by atomic mass is 10.2.